The van der Waals surface area contributed by atoms with E-state index in [0.717, 1.165) is 0 Å². The zero-order valence-electron chi connectivity index (χ0n) is 16.2. The van der Waals surface area contributed by atoms with Crippen LogP contribution >= 0.6 is 0 Å². The smallest absolute Gasteiger partial charge is 0.260 e. The third-order valence-corrected chi connectivity index (χ3v) is 6.41. The summed E-state index contributed by atoms with van der Waals surface area (Å²) in [7, 11) is -1.92. The first kappa shape index (κ1) is 21.5. The number of piperidine rings is 1. The molecule has 1 aromatic rings. The molecule has 0 spiro atoms. The van der Waals surface area contributed by atoms with Crippen molar-refractivity contribution in [2.45, 2.75) is 50.9 Å². The largest absolute Gasteiger partial charge is 0.466 e. The maximum absolute atomic E-state index is 12.7. The number of carbonyl (C=O) groups is 1. The molecule has 1 saturated heterocycles. The van der Waals surface area contributed by atoms with Gasteiger partial charge < -0.3 is 14.4 Å². The van der Waals surface area contributed by atoms with Gasteiger partial charge in [-0.1, -0.05) is 0 Å². The predicted molar refractivity (Wildman–Crippen MR) is 99.9 cm³/mol. The molecule has 10 heteroatoms. The van der Waals surface area contributed by atoms with Gasteiger partial charge in [0.2, 0.25) is 15.9 Å². The number of nitrogens with zero attached hydrogens (tertiary/aromatic N) is 3. The number of amides is 1. The normalized spacial score (nSPS) is 20.7. The number of aromatic nitrogens is 2. The van der Waals surface area contributed by atoms with Crippen LogP contribution in [0.4, 0.5) is 0 Å². The quantitative estimate of drug-likeness (QED) is 0.676. The van der Waals surface area contributed by atoms with Crippen molar-refractivity contribution < 1.29 is 22.7 Å². The Kier molecular flexibility index (Phi) is 7.51. The average molecular weight is 401 g/mol. The van der Waals surface area contributed by atoms with Crippen LogP contribution in [-0.2, 0) is 19.6 Å². The topological polar surface area (TPSA) is 111 Å². The third kappa shape index (κ3) is 5.60. The van der Waals surface area contributed by atoms with Crippen LogP contribution in [0.5, 0.6) is 5.88 Å². The lowest BCUT2D eigenvalue weighted by Gasteiger charge is -2.41. The van der Waals surface area contributed by atoms with Crippen molar-refractivity contribution in [3.63, 3.8) is 0 Å². The first-order valence-electron chi connectivity index (χ1n) is 8.96. The Morgan fingerprint density at radius 1 is 1.37 bits per heavy atom. The summed E-state index contributed by atoms with van der Waals surface area (Å²) in [5.74, 6) is 0.0683. The molecule has 0 unspecified atom stereocenters. The number of sulfonamides is 1. The Hall–Kier alpha value is -1.78. The number of rotatable bonds is 8. The van der Waals surface area contributed by atoms with Gasteiger partial charge in [-0.15, -0.1) is 0 Å². The van der Waals surface area contributed by atoms with E-state index >= 15 is 0 Å². The molecule has 1 aliphatic rings. The minimum atomic E-state index is -3.45. The number of carbonyl (C=O) groups excluding carboxylic acids is 1. The molecule has 0 bridgehead atoms. The number of methoxy groups -OCH3 is 1. The van der Waals surface area contributed by atoms with Crippen molar-refractivity contribution in [3.05, 3.63) is 18.1 Å². The Labute approximate surface area is 160 Å². The van der Waals surface area contributed by atoms with Crippen molar-refractivity contribution in [3.8, 4) is 5.88 Å². The molecule has 2 rings (SSSR count). The highest BCUT2D eigenvalue weighted by Crippen LogP contribution is 2.20. The second-order valence-corrected chi connectivity index (χ2v) is 9.07. The fourth-order valence-electron chi connectivity index (χ4n) is 2.98. The highest BCUT2D eigenvalue weighted by Gasteiger charge is 2.37. The third-order valence-electron chi connectivity index (χ3n) is 4.54. The Morgan fingerprint density at radius 2 is 2.07 bits per heavy atom. The van der Waals surface area contributed by atoms with Crippen molar-refractivity contribution in [1.82, 2.24) is 19.6 Å². The fourth-order valence-corrected chi connectivity index (χ4v) is 3.95. The first-order valence-corrected chi connectivity index (χ1v) is 10.5. The van der Waals surface area contributed by atoms with Crippen molar-refractivity contribution in [2.75, 3.05) is 26.9 Å². The van der Waals surface area contributed by atoms with Crippen LogP contribution in [0.1, 0.15) is 32.4 Å². The molecule has 0 aliphatic carbocycles. The van der Waals surface area contributed by atoms with E-state index in [-0.39, 0.29) is 19.1 Å². The zero-order chi connectivity index (χ0) is 20.0. The van der Waals surface area contributed by atoms with E-state index in [1.165, 1.54) is 13.3 Å². The summed E-state index contributed by atoms with van der Waals surface area (Å²) in [4.78, 5) is 22.5. The lowest BCUT2D eigenvalue weighted by Crippen LogP contribution is -2.60. The van der Waals surface area contributed by atoms with Gasteiger partial charge in [0, 0.05) is 32.1 Å². The summed E-state index contributed by atoms with van der Waals surface area (Å²) < 4.78 is 38.1. The molecule has 2 heterocycles. The number of ether oxygens (including phenoxy) is 2. The summed E-state index contributed by atoms with van der Waals surface area (Å²) >= 11 is 0. The monoisotopic (exact) mass is 400 g/mol. The minimum Gasteiger partial charge on any atom is -0.466 e. The van der Waals surface area contributed by atoms with Crippen LogP contribution in [0.2, 0.25) is 0 Å². The number of likely N-dealkylation sites (tertiary alicyclic amines) is 1. The fraction of sp³-hybridized carbons (Fsp3) is 0.706. The summed E-state index contributed by atoms with van der Waals surface area (Å²) in [6, 6.07) is -0.787. The Bertz CT molecular complexity index is 741. The molecule has 0 aromatic carbocycles. The van der Waals surface area contributed by atoms with Gasteiger partial charge in [-0.3, -0.25) is 9.78 Å². The number of aryl methyl sites for hydroxylation is 1. The summed E-state index contributed by atoms with van der Waals surface area (Å²) in [6.07, 6.45) is 4.39. The van der Waals surface area contributed by atoms with Gasteiger partial charge in [0.25, 0.3) is 5.91 Å². The predicted octanol–water partition coefficient (Wildman–Crippen LogP) is 0.498. The highest BCUT2D eigenvalue weighted by atomic mass is 32.2. The van der Waals surface area contributed by atoms with Gasteiger partial charge in [0.05, 0.1) is 23.6 Å². The van der Waals surface area contributed by atoms with E-state index < -0.39 is 27.4 Å². The average Bonchev–Trinajstić information content (AvgIpc) is 2.62. The molecule has 152 valence electrons. The van der Waals surface area contributed by atoms with E-state index in [0.29, 0.717) is 31.0 Å². The van der Waals surface area contributed by atoms with Crippen molar-refractivity contribution in [1.29, 1.82) is 0 Å². The molecule has 1 N–H and O–H groups in total. The number of hydrogen-bond donors (Lipinski definition) is 1. The van der Waals surface area contributed by atoms with Gasteiger partial charge in [-0.05, 0) is 33.6 Å². The molecule has 1 amide bonds. The van der Waals surface area contributed by atoms with E-state index in [9.17, 15) is 13.2 Å². The van der Waals surface area contributed by atoms with E-state index in [1.807, 2.05) is 0 Å². The van der Waals surface area contributed by atoms with Gasteiger partial charge in [-0.2, -0.15) is 0 Å². The van der Waals surface area contributed by atoms with Crippen LogP contribution in [-0.4, -0.2) is 73.4 Å². The Balaban J connectivity index is 2.09. The van der Waals surface area contributed by atoms with Crippen LogP contribution in [0.15, 0.2) is 12.4 Å². The molecule has 1 aliphatic heterocycles. The minimum absolute atomic E-state index is 0.191. The van der Waals surface area contributed by atoms with E-state index in [2.05, 4.69) is 14.7 Å². The van der Waals surface area contributed by atoms with Gasteiger partial charge >= 0.3 is 0 Å². The lowest BCUT2D eigenvalue weighted by molar-refractivity contribution is -0.139. The molecule has 1 fully saturated rings. The molecular formula is C17H28N4O5S. The zero-order valence-corrected chi connectivity index (χ0v) is 17.0. The molecule has 0 saturated carbocycles. The molecular weight excluding hydrogens is 372 g/mol. The Morgan fingerprint density at radius 3 is 2.70 bits per heavy atom. The van der Waals surface area contributed by atoms with Crippen LogP contribution in [0.3, 0.4) is 0 Å². The van der Waals surface area contributed by atoms with Crippen LogP contribution in [0, 0.1) is 6.92 Å². The maximum atomic E-state index is 12.7. The van der Waals surface area contributed by atoms with Crippen LogP contribution in [0.25, 0.3) is 0 Å². The summed E-state index contributed by atoms with van der Waals surface area (Å²) in [5.41, 5.74) is 0.597. The summed E-state index contributed by atoms with van der Waals surface area (Å²) in [5, 5.41) is -0.547. The van der Waals surface area contributed by atoms with Gasteiger partial charge in [-0.25, -0.2) is 18.1 Å². The SMILES string of the molecule is COC[C@H]1[C@@H](NS(=O)(=O)C(C)C)CCCN1C(=O)COc1nccnc1C. The molecule has 2 atom stereocenters. The van der Waals surface area contributed by atoms with E-state index in [1.54, 1.807) is 31.9 Å². The lowest BCUT2D eigenvalue weighted by atomic mass is 9.97. The maximum Gasteiger partial charge on any atom is 0.260 e. The molecule has 1 aromatic heterocycles. The van der Waals surface area contributed by atoms with E-state index in [4.69, 9.17) is 9.47 Å². The second kappa shape index (κ2) is 9.43. The first-order chi connectivity index (χ1) is 12.8. The molecule has 0 radical (unpaired) electrons. The summed E-state index contributed by atoms with van der Waals surface area (Å²) in [6.45, 7) is 5.56. The standard InChI is InChI=1S/C17H28N4O5S/c1-12(2)27(23,24)20-14-6-5-9-21(15(14)10-25-4)16(22)11-26-17-13(3)18-7-8-19-17/h7-8,12,14-15,20H,5-6,9-11H2,1-4H3/t14-,15-/m0/s1. The van der Waals surface area contributed by atoms with Crippen molar-refractivity contribution in [2.24, 2.45) is 0 Å². The van der Waals surface area contributed by atoms with Crippen molar-refractivity contribution >= 4 is 15.9 Å². The second-order valence-electron chi connectivity index (χ2n) is 6.81. The molecule has 27 heavy (non-hydrogen) atoms. The van der Waals surface area contributed by atoms with Crippen LogP contribution < -0.4 is 9.46 Å². The van der Waals surface area contributed by atoms with Gasteiger partial charge in [0.15, 0.2) is 6.61 Å². The number of hydrogen-bond acceptors (Lipinski definition) is 7. The highest BCUT2D eigenvalue weighted by molar-refractivity contribution is 7.90. The van der Waals surface area contributed by atoms with Gasteiger partial charge in [0.1, 0.15) is 0 Å². The molecule has 9 nitrogen and oxygen atoms in total. The number of nitrogens with one attached hydrogen (secondary N) is 1.